The van der Waals surface area contributed by atoms with Crippen molar-refractivity contribution >= 4 is 28.0 Å². The van der Waals surface area contributed by atoms with E-state index in [9.17, 15) is 0 Å². The molecule has 0 saturated carbocycles. The standard InChI is InChI=1S/C16H16N4/c1-11-9-19-16(8-15(11)17-2)20-14-4-3-13-10-18-6-5-12(13)7-14/h3-10H,1-2H3,(H2,17,19,20). The molecule has 20 heavy (non-hydrogen) atoms. The molecule has 1 aromatic carbocycles. The van der Waals surface area contributed by atoms with E-state index in [0.29, 0.717) is 0 Å². The van der Waals surface area contributed by atoms with Crippen molar-refractivity contribution in [3.63, 3.8) is 0 Å². The summed E-state index contributed by atoms with van der Waals surface area (Å²) in [6.45, 7) is 2.03. The van der Waals surface area contributed by atoms with Crippen molar-refractivity contribution in [2.75, 3.05) is 17.7 Å². The first-order valence-electron chi connectivity index (χ1n) is 6.51. The molecule has 0 atom stereocenters. The van der Waals surface area contributed by atoms with Crippen LogP contribution in [0.25, 0.3) is 10.8 Å². The van der Waals surface area contributed by atoms with Crippen molar-refractivity contribution in [2.45, 2.75) is 6.92 Å². The van der Waals surface area contributed by atoms with Gasteiger partial charge in [-0.15, -0.1) is 0 Å². The highest BCUT2D eigenvalue weighted by Crippen LogP contribution is 2.23. The molecule has 2 N–H and O–H groups in total. The lowest BCUT2D eigenvalue weighted by Gasteiger charge is -2.10. The van der Waals surface area contributed by atoms with Gasteiger partial charge in [0, 0.05) is 48.5 Å². The number of benzene rings is 1. The Bertz CT molecular complexity index is 752. The van der Waals surface area contributed by atoms with Gasteiger partial charge in [-0.25, -0.2) is 4.98 Å². The lowest BCUT2D eigenvalue weighted by Crippen LogP contribution is -1.98. The number of nitrogens with one attached hydrogen (secondary N) is 2. The van der Waals surface area contributed by atoms with Gasteiger partial charge in [-0.1, -0.05) is 6.07 Å². The first kappa shape index (κ1) is 12.4. The number of anilines is 3. The van der Waals surface area contributed by atoms with E-state index in [2.05, 4.69) is 32.7 Å². The topological polar surface area (TPSA) is 49.8 Å². The normalized spacial score (nSPS) is 10.5. The summed E-state index contributed by atoms with van der Waals surface area (Å²) >= 11 is 0. The minimum atomic E-state index is 0.827. The number of pyridine rings is 2. The number of rotatable bonds is 3. The van der Waals surface area contributed by atoms with Gasteiger partial charge < -0.3 is 10.6 Å². The smallest absolute Gasteiger partial charge is 0.132 e. The lowest BCUT2D eigenvalue weighted by atomic mass is 10.1. The van der Waals surface area contributed by atoms with Crippen molar-refractivity contribution in [2.24, 2.45) is 0 Å². The summed E-state index contributed by atoms with van der Waals surface area (Å²) in [4.78, 5) is 8.52. The molecule has 2 aromatic heterocycles. The van der Waals surface area contributed by atoms with Crippen molar-refractivity contribution in [3.8, 4) is 0 Å². The van der Waals surface area contributed by atoms with Crippen LogP contribution < -0.4 is 10.6 Å². The van der Waals surface area contributed by atoms with Gasteiger partial charge in [-0.3, -0.25) is 4.98 Å². The SMILES string of the molecule is CNc1cc(Nc2ccc3cnccc3c2)ncc1C. The summed E-state index contributed by atoms with van der Waals surface area (Å²) in [7, 11) is 1.91. The Kier molecular flexibility index (Phi) is 3.21. The van der Waals surface area contributed by atoms with Crippen molar-refractivity contribution in [1.82, 2.24) is 9.97 Å². The Morgan fingerprint density at radius 1 is 1.00 bits per heavy atom. The molecule has 0 aliphatic rings. The Hall–Kier alpha value is -2.62. The third kappa shape index (κ3) is 2.40. The highest BCUT2D eigenvalue weighted by molar-refractivity contribution is 5.85. The first-order valence-corrected chi connectivity index (χ1v) is 6.51. The van der Waals surface area contributed by atoms with Crippen LogP contribution in [0.1, 0.15) is 5.56 Å². The Morgan fingerprint density at radius 3 is 2.75 bits per heavy atom. The average Bonchev–Trinajstić information content (AvgIpc) is 2.49. The van der Waals surface area contributed by atoms with Crippen LogP contribution in [0.4, 0.5) is 17.2 Å². The van der Waals surface area contributed by atoms with E-state index in [1.165, 1.54) is 0 Å². The maximum atomic E-state index is 4.40. The van der Waals surface area contributed by atoms with Crippen LogP contribution in [-0.4, -0.2) is 17.0 Å². The summed E-state index contributed by atoms with van der Waals surface area (Å²) in [5.41, 5.74) is 3.22. The Morgan fingerprint density at radius 2 is 1.90 bits per heavy atom. The molecule has 0 spiro atoms. The minimum absolute atomic E-state index is 0.827. The predicted octanol–water partition coefficient (Wildman–Crippen LogP) is 3.72. The van der Waals surface area contributed by atoms with E-state index in [-0.39, 0.29) is 0 Å². The molecule has 100 valence electrons. The fraction of sp³-hybridized carbons (Fsp3) is 0.125. The van der Waals surface area contributed by atoms with Crippen LogP contribution in [0.15, 0.2) is 48.9 Å². The van der Waals surface area contributed by atoms with Crippen molar-refractivity contribution in [1.29, 1.82) is 0 Å². The molecule has 0 bridgehead atoms. The molecule has 3 rings (SSSR count). The molecule has 0 fully saturated rings. The molecule has 0 radical (unpaired) electrons. The summed E-state index contributed by atoms with van der Waals surface area (Å²) < 4.78 is 0. The van der Waals surface area contributed by atoms with Crippen molar-refractivity contribution < 1.29 is 0 Å². The van der Waals surface area contributed by atoms with Crippen LogP contribution in [-0.2, 0) is 0 Å². The molecule has 0 aliphatic heterocycles. The summed E-state index contributed by atoms with van der Waals surface area (Å²) in [5, 5.41) is 8.78. The van der Waals surface area contributed by atoms with Gasteiger partial charge in [-0.2, -0.15) is 0 Å². The van der Waals surface area contributed by atoms with Crippen LogP contribution in [0.3, 0.4) is 0 Å². The second-order valence-corrected chi connectivity index (χ2v) is 4.70. The summed E-state index contributed by atoms with van der Waals surface area (Å²) in [6, 6.07) is 10.2. The molecule has 0 amide bonds. The van der Waals surface area contributed by atoms with E-state index < -0.39 is 0 Å². The maximum Gasteiger partial charge on any atom is 0.132 e. The minimum Gasteiger partial charge on any atom is -0.388 e. The molecule has 4 heteroatoms. The zero-order valence-corrected chi connectivity index (χ0v) is 11.5. The van der Waals surface area contributed by atoms with E-state index >= 15 is 0 Å². The van der Waals surface area contributed by atoms with Gasteiger partial charge >= 0.3 is 0 Å². The number of fused-ring (bicyclic) bond motifs is 1. The fourth-order valence-electron chi connectivity index (χ4n) is 2.17. The van der Waals surface area contributed by atoms with Crippen molar-refractivity contribution in [3.05, 3.63) is 54.5 Å². The number of aryl methyl sites for hydroxylation is 1. The Balaban J connectivity index is 1.92. The van der Waals surface area contributed by atoms with E-state index in [0.717, 1.165) is 33.5 Å². The lowest BCUT2D eigenvalue weighted by molar-refractivity contribution is 1.25. The van der Waals surface area contributed by atoms with Gasteiger partial charge in [0.2, 0.25) is 0 Å². The highest BCUT2D eigenvalue weighted by Gasteiger charge is 2.02. The molecular weight excluding hydrogens is 248 g/mol. The van der Waals surface area contributed by atoms with E-state index in [4.69, 9.17) is 0 Å². The molecule has 0 saturated heterocycles. The average molecular weight is 264 g/mol. The van der Waals surface area contributed by atoms with E-state index in [1.54, 1.807) is 6.20 Å². The summed E-state index contributed by atoms with van der Waals surface area (Å²) in [6.07, 6.45) is 5.52. The zero-order chi connectivity index (χ0) is 13.9. The number of aromatic nitrogens is 2. The summed E-state index contributed by atoms with van der Waals surface area (Å²) in [5.74, 6) is 0.827. The third-order valence-corrected chi connectivity index (χ3v) is 3.29. The zero-order valence-electron chi connectivity index (χ0n) is 11.5. The third-order valence-electron chi connectivity index (χ3n) is 3.29. The highest BCUT2D eigenvalue weighted by atomic mass is 15.0. The van der Waals surface area contributed by atoms with Gasteiger partial charge in [-0.05, 0) is 36.1 Å². The maximum absolute atomic E-state index is 4.40. The van der Waals surface area contributed by atoms with E-state index in [1.807, 2.05) is 44.6 Å². The number of hydrogen-bond acceptors (Lipinski definition) is 4. The second kappa shape index (κ2) is 5.17. The quantitative estimate of drug-likeness (QED) is 0.757. The van der Waals surface area contributed by atoms with Gasteiger partial charge in [0.05, 0.1) is 0 Å². The largest absolute Gasteiger partial charge is 0.388 e. The van der Waals surface area contributed by atoms with Crippen LogP contribution in [0.5, 0.6) is 0 Å². The molecule has 3 aromatic rings. The van der Waals surface area contributed by atoms with Gasteiger partial charge in [0.15, 0.2) is 0 Å². The second-order valence-electron chi connectivity index (χ2n) is 4.70. The van der Waals surface area contributed by atoms with Crippen LogP contribution in [0, 0.1) is 6.92 Å². The van der Waals surface area contributed by atoms with Gasteiger partial charge in [0.1, 0.15) is 5.82 Å². The first-order chi connectivity index (χ1) is 9.76. The molecule has 0 unspecified atom stereocenters. The predicted molar refractivity (Wildman–Crippen MR) is 83.5 cm³/mol. The molecular formula is C16H16N4. The number of nitrogens with zero attached hydrogens (tertiary/aromatic N) is 2. The molecule has 0 aliphatic carbocycles. The Labute approximate surface area is 117 Å². The molecule has 4 nitrogen and oxygen atoms in total. The van der Waals surface area contributed by atoms with Crippen LogP contribution >= 0.6 is 0 Å². The fourth-order valence-corrected chi connectivity index (χ4v) is 2.17. The number of hydrogen-bond donors (Lipinski definition) is 2. The van der Waals surface area contributed by atoms with Crippen LogP contribution in [0.2, 0.25) is 0 Å². The van der Waals surface area contributed by atoms with Gasteiger partial charge in [0.25, 0.3) is 0 Å². The molecule has 2 heterocycles. The monoisotopic (exact) mass is 264 g/mol.